The fraction of sp³-hybridized carbons (Fsp3) is 0.562. The highest BCUT2D eigenvalue weighted by molar-refractivity contribution is 5.80. The number of nitro benzene ring substituents is 1. The van der Waals surface area contributed by atoms with Crippen molar-refractivity contribution < 1.29 is 9.66 Å². The normalized spacial score (nSPS) is 17.8. The molecule has 1 aliphatic rings. The second-order valence-corrected chi connectivity index (χ2v) is 5.73. The van der Waals surface area contributed by atoms with Crippen LogP contribution >= 0.6 is 0 Å². The molecule has 1 aromatic rings. The number of likely N-dealkylation sites (tertiary alicyclic amines) is 1. The largest absolute Gasteiger partial charge is 0.384 e. The van der Waals surface area contributed by atoms with Gasteiger partial charge in [0.2, 0.25) is 0 Å². The van der Waals surface area contributed by atoms with Gasteiger partial charge in [0.15, 0.2) is 5.96 Å². The minimum absolute atomic E-state index is 0.0869. The Kier molecular flexibility index (Phi) is 6.80. The SMILES string of the molecule is CN=C(NCCNc1ccccc1[N+](=O)[O-])N1CCC(COC)C1. The van der Waals surface area contributed by atoms with Gasteiger partial charge in [-0.25, -0.2) is 0 Å². The van der Waals surface area contributed by atoms with Crippen molar-refractivity contribution in [1.82, 2.24) is 10.2 Å². The van der Waals surface area contributed by atoms with Crippen LogP contribution in [0.5, 0.6) is 0 Å². The first kappa shape index (κ1) is 18.0. The van der Waals surface area contributed by atoms with E-state index in [-0.39, 0.29) is 10.6 Å². The molecule has 1 saturated heterocycles. The Morgan fingerprint density at radius 2 is 2.25 bits per heavy atom. The lowest BCUT2D eigenvalue weighted by Crippen LogP contribution is -2.42. The number of ether oxygens (including phenoxy) is 1. The molecule has 0 spiro atoms. The summed E-state index contributed by atoms with van der Waals surface area (Å²) in [5, 5.41) is 17.4. The van der Waals surface area contributed by atoms with E-state index in [0.717, 1.165) is 32.1 Å². The maximum absolute atomic E-state index is 11.0. The summed E-state index contributed by atoms with van der Waals surface area (Å²) in [6.45, 7) is 3.87. The Morgan fingerprint density at radius 1 is 1.46 bits per heavy atom. The zero-order valence-corrected chi connectivity index (χ0v) is 14.2. The van der Waals surface area contributed by atoms with Crippen molar-refractivity contribution in [3.05, 3.63) is 34.4 Å². The number of hydrogen-bond donors (Lipinski definition) is 2. The van der Waals surface area contributed by atoms with Gasteiger partial charge in [0.25, 0.3) is 5.69 Å². The Hall–Kier alpha value is -2.35. The molecule has 2 rings (SSSR count). The van der Waals surface area contributed by atoms with Crippen LogP contribution in [-0.4, -0.2) is 62.7 Å². The third-order valence-electron chi connectivity index (χ3n) is 4.02. The molecule has 8 nitrogen and oxygen atoms in total. The standard InChI is InChI=1S/C16H25N5O3/c1-17-16(20-10-7-13(11-20)12-24-2)19-9-8-18-14-5-3-4-6-15(14)21(22)23/h3-6,13,18H,7-12H2,1-2H3,(H,17,19). The maximum atomic E-state index is 11.0. The molecule has 0 bridgehead atoms. The lowest BCUT2D eigenvalue weighted by Gasteiger charge is -2.21. The van der Waals surface area contributed by atoms with Gasteiger partial charge < -0.3 is 20.3 Å². The van der Waals surface area contributed by atoms with Crippen LogP contribution in [0, 0.1) is 16.0 Å². The molecule has 132 valence electrons. The van der Waals surface area contributed by atoms with Crippen molar-refractivity contribution in [3.8, 4) is 0 Å². The van der Waals surface area contributed by atoms with Crippen LogP contribution in [0.3, 0.4) is 0 Å². The molecular weight excluding hydrogens is 310 g/mol. The van der Waals surface area contributed by atoms with Crippen molar-refractivity contribution in [1.29, 1.82) is 0 Å². The summed E-state index contributed by atoms with van der Waals surface area (Å²) in [6, 6.07) is 6.65. The number of guanidine groups is 1. The van der Waals surface area contributed by atoms with Crippen LogP contribution in [0.25, 0.3) is 0 Å². The van der Waals surface area contributed by atoms with E-state index >= 15 is 0 Å². The predicted octanol–water partition coefficient (Wildman–Crippen LogP) is 1.55. The van der Waals surface area contributed by atoms with Crippen molar-refractivity contribution in [2.24, 2.45) is 10.9 Å². The first-order chi connectivity index (χ1) is 11.7. The smallest absolute Gasteiger partial charge is 0.292 e. The molecule has 0 aliphatic carbocycles. The summed E-state index contributed by atoms with van der Waals surface area (Å²) in [6.07, 6.45) is 1.10. The molecule has 0 radical (unpaired) electrons. The average molecular weight is 335 g/mol. The lowest BCUT2D eigenvalue weighted by atomic mass is 10.1. The van der Waals surface area contributed by atoms with Crippen molar-refractivity contribution in [2.75, 3.05) is 52.3 Å². The number of para-hydroxylation sites is 2. The van der Waals surface area contributed by atoms with Crippen molar-refractivity contribution in [3.63, 3.8) is 0 Å². The maximum Gasteiger partial charge on any atom is 0.292 e. The van der Waals surface area contributed by atoms with Crippen molar-refractivity contribution in [2.45, 2.75) is 6.42 Å². The molecular formula is C16H25N5O3. The van der Waals surface area contributed by atoms with E-state index in [1.807, 2.05) is 0 Å². The molecule has 1 aromatic carbocycles. The minimum Gasteiger partial charge on any atom is -0.384 e. The topological polar surface area (TPSA) is 92.0 Å². The van der Waals surface area contributed by atoms with E-state index in [9.17, 15) is 10.1 Å². The molecule has 8 heteroatoms. The first-order valence-corrected chi connectivity index (χ1v) is 8.07. The molecule has 2 N–H and O–H groups in total. The highest BCUT2D eigenvalue weighted by Gasteiger charge is 2.24. The van der Waals surface area contributed by atoms with Crippen LogP contribution in [-0.2, 0) is 4.74 Å². The van der Waals surface area contributed by atoms with Crippen LogP contribution in [0.2, 0.25) is 0 Å². The summed E-state index contributed by atoms with van der Waals surface area (Å²) >= 11 is 0. The third-order valence-corrected chi connectivity index (χ3v) is 4.02. The summed E-state index contributed by atoms with van der Waals surface area (Å²) in [4.78, 5) is 17.1. The molecule has 1 aliphatic heterocycles. The number of anilines is 1. The fourth-order valence-electron chi connectivity index (χ4n) is 2.88. The Balaban J connectivity index is 1.78. The van der Waals surface area contributed by atoms with E-state index < -0.39 is 0 Å². The lowest BCUT2D eigenvalue weighted by molar-refractivity contribution is -0.384. The van der Waals surface area contributed by atoms with Crippen LogP contribution < -0.4 is 10.6 Å². The fourth-order valence-corrected chi connectivity index (χ4v) is 2.88. The van der Waals surface area contributed by atoms with E-state index in [1.54, 1.807) is 32.4 Å². The zero-order chi connectivity index (χ0) is 17.4. The number of rotatable bonds is 7. The van der Waals surface area contributed by atoms with Crippen LogP contribution in [0.1, 0.15) is 6.42 Å². The molecule has 1 fully saturated rings. The minimum atomic E-state index is -0.380. The molecule has 0 amide bonds. The second-order valence-electron chi connectivity index (χ2n) is 5.73. The number of hydrogen-bond acceptors (Lipinski definition) is 5. The van der Waals surface area contributed by atoms with Crippen molar-refractivity contribution >= 4 is 17.3 Å². The number of methoxy groups -OCH3 is 1. The number of nitrogens with one attached hydrogen (secondary N) is 2. The summed E-state index contributed by atoms with van der Waals surface area (Å²) in [7, 11) is 3.49. The zero-order valence-electron chi connectivity index (χ0n) is 14.2. The van der Waals surface area contributed by atoms with Gasteiger partial charge in [0.1, 0.15) is 5.69 Å². The van der Waals surface area contributed by atoms with Gasteiger partial charge in [-0.1, -0.05) is 12.1 Å². The number of aliphatic imine (C=N–C) groups is 1. The average Bonchev–Trinajstić information content (AvgIpc) is 3.04. The van der Waals surface area contributed by atoms with E-state index in [1.165, 1.54) is 6.07 Å². The molecule has 0 saturated carbocycles. The van der Waals surface area contributed by atoms with Gasteiger partial charge in [-0.05, 0) is 12.5 Å². The highest BCUT2D eigenvalue weighted by Crippen LogP contribution is 2.22. The van der Waals surface area contributed by atoms with Gasteiger partial charge in [0, 0.05) is 52.3 Å². The number of nitrogens with zero attached hydrogens (tertiary/aromatic N) is 3. The second kappa shape index (κ2) is 9.07. The molecule has 24 heavy (non-hydrogen) atoms. The van der Waals surface area contributed by atoms with E-state index in [2.05, 4.69) is 20.5 Å². The van der Waals surface area contributed by atoms with E-state index in [4.69, 9.17) is 4.74 Å². The van der Waals surface area contributed by atoms with Crippen LogP contribution in [0.4, 0.5) is 11.4 Å². The molecule has 1 heterocycles. The van der Waals surface area contributed by atoms with Gasteiger partial charge in [0.05, 0.1) is 11.5 Å². The molecule has 1 unspecified atom stereocenters. The summed E-state index contributed by atoms with van der Waals surface area (Å²) in [5.74, 6) is 1.40. The van der Waals surface area contributed by atoms with Gasteiger partial charge in [-0.2, -0.15) is 0 Å². The Labute approximate surface area is 142 Å². The predicted molar refractivity (Wildman–Crippen MR) is 94.5 cm³/mol. The number of nitro groups is 1. The highest BCUT2D eigenvalue weighted by atomic mass is 16.6. The Morgan fingerprint density at radius 3 is 2.96 bits per heavy atom. The van der Waals surface area contributed by atoms with Gasteiger partial charge >= 0.3 is 0 Å². The summed E-state index contributed by atoms with van der Waals surface area (Å²) < 4.78 is 5.21. The molecule has 1 atom stereocenters. The van der Waals surface area contributed by atoms with E-state index in [0.29, 0.717) is 24.7 Å². The van der Waals surface area contributed by atoms with Gasteiger partial charge in [-0.15, -0.1) is 0 Å². The van der Waals surface area contributed by atoms with Gasteiger partial charge in [-0.3, -0.25) is 15.1 Å². The van der Waals surface area contributed by atoms with Crippen LogP contribution in [0.15, 0.2) is 29.3 Å². The monoisotopic (exact) mass is 335 g/mol. The quantitative estimate of drug-likeness (QED) is 0.258. The first-order valence-electron chi connectivity index (χ1n) is 8.07. The Bertz CT molecular complexity index is 579. The number of benzene rings is 1. The summed E-state index contributed by atoms with van der Waals surface area (Å²) in [5.41, 5.74) is 0.615. The molecule has 0 aromatic heterocycles. The third kappa shape index (κ3) is 4.82.